The monoisotopic (exact) mass is 235 g/mol. The minimum atomic E-state index is -0.294. The number of amides is 1. The first-order chi connectivity index (χ1) is 8.11. The molecule has 1 fully saturated rings. The molecular formula is C13H17NO3. The van der Waals surface area contributed by atoms with Crippen molar-refractivity contribution in [3.63, 3.8) is 0 Å². The Balaban J connectivity index is 2.21. The van der Waals surface area contributed by atoms with E-state index in [9.17, 15) is 4.79 Å². The molecule has 1 aliphatic heterocycles. The zero-order valence-electron chi connectivity index (χ0n) is 10.3. The largest absolute Gasteiger partial charge is 0.497 e. The predicted molar refractivity (Wildman–Crippen MR) is 63.7 cm³/mol. The van der Waals surface area contributed by atoms with Gasteiger partial charge in [0, 0.05) is 12.6 Å². The summed E-state index contributed by atoms with van der Waals surface area (Å²) < 4.78 is 10.9. The molecule has 0 spiro atoms. The highest BCUT2D eigenvalue weighted by Crippen LogP contribution is 2.29. The Bertz CT molecular complexity index is 402. The number of carbonyl (C=O) groups is 1. The van der Waals surface area contributed by atoms with Gasteiger partial charge in [0.2, 0.25) is 5.91 Å². The molecule has 0 aromatic heterocycles. The first-order valence-corrected chi connectivity index (χ1v) is 5.67. The van der Waals surface area contributed by atoms with E-state index in [1.165, 1.54) is 0 Å². The van der Waals surface area contributed by atoms with E-state index in [0.29, 0.717) is 6.42 Å². The number of methoxy groups -OCH3 is 1. The summed E-state index contributed by atoms with van der Waals surface area (Å²) in [5.41, 5.74) is 0.966. The zero-order chi connectivity index (χ0) is 12.4. The molecule has 17 heavy (non-hydrogen) atoms. The smallest absolute Gasteiger partial charge is 0.227 e. The van der Waals surface area contributed by atoms with Crippen molar-refractivity contribution < 1.29 is 14.3 Å². The highest BCUT2D eigenvalue weighted by molar-refractivity contribution is 5.77. The van der Waals surface area contributed by atoms with Crippen LogP contribution < -0.4 is 4.74 Å². The molecule has 1 aromatic rings. The van der Waals surface area contributed by atoms with Crippen molar-refractivity contribution in [2.45, 2.75) is 25.7 Å². The summed E-state index contributed by atoms with van der Waals surface area (Å²) in [6.45, 7) is 1.92. The summed E-state index contributed by atoms with van der Waals surface area (Å²) in [6, 6.07) is 7.59. The van der Waals surface area contributed by atoms with Gasteiger partial charge in [-0.15, -0.1) is 0 Å². The predicted octanol–water partition coefficient (Wildman–Crippen LogP) is 1.96. The molecule has 0 aliphatic carbocycles. The van der Waals surface area contributed by atoms with Gasteiger partial charge in [0.25, 0.3) is 0 Å². The zero-order valence-corrected chi connectivity index (χ0v) is 10.3. The van der Waals surface area contributed by atoms with E-state index in [1.54, 1.807) is 19.1 Å². The average Bonchev–Trinajstić information content (AvgIpc) is 2.34. The van der Waals surface area contributed by atoms with Crippen LogP contribution >= 0.6 is 0 Å². The Labute approximate surface area is 101 Å². The Hall–Kier alpha value is -1.55. The van der Waals surface area contributed by atoms with Crippen LogP contribution in [0.25, 0.3) is 0 Å². The van der Waals surface area contributed by atoms with Crippen LogP contribution in [0.4, 0.5) is 0 Å². The van der Waals surface area contributed by atoms with Crippen molar-refractivity contribution in [1.82, 2.24) is 4.90 Å². The molecule has 1 saturated heterocycles. The molecule has 2 rings (SSSR count). The van der Waals surface area contributed by atoms with Gasteiger partial charge in [0.15, 0.2) is 6.23 Å². The summed E-state index contributed by atoms with van der Waals surface area (Å²) in [5.74, 6) is 0.913. The van der Waals surface area contributed by atoms with Gasteiger partial charge in [-0.25, -0.2) is 0 Å². The lowest BCUT2D eigenvalue weighted by Gasteiger charge is -2.36. The molecule has 0 N–H and O–H groups in total. The van der Waals surface area contributed by atoms with Gasteiger partial charge >= 0.3 is 0 Å². The molecule has 1 amide bonds. The standard InChI is InChI=1S/C13H17NO3/c1-9-8-12(15)14(2)13(17-9)10-4-6-11(16-3)7-5-10/h4-7,9,13H,8H2,1-3H3. The number of benzene rings is 1. The highest BCUT2D eigenvalue weighted by atomic mass is 16.5. The SMILES string of the molecule is COc1ccc(C2OC(C)CC(=O)N2C)cc1. The van der Waals surface area contributed by atoms with Crippen LogP contribution in [0.5, 0.6) is 5.75 Å². The minimum Gasteiger partial charge on any atom is -0.497 e. The second kappa shape index (κ2) is 4.75. The molecule has 4 nitrogen and oxygen atoms in total. The summed E-state index contributed by atoms with van der Waals surface area (Å²) in [5, 5.41) is 0. The number of rotatable bonds is 2. The van der Waals surface area contributed by atoms with Crippen molar-refractivity contribution in [2.24, 2.45) is 0 Å². The Morgan fingerprint density at radius 3 is 2.59 bits per heavy atom. The van der Waals surface area contributed by atoms with E-state index in [0.717, 1.165) is 11.3 Å². The molecule has 1 aromatic carbocycles. The van der Waals surface area contributed by atoms with Crippen LogP contribution in [0.2, 0.25) is 0 Å². The van der Waals surface area contributed by atoms with E-state index < -0.39 is 0 Å². The lowest BCUT2D eigenvalue weighted by molar-refractivity contribution is -0.169. The molecule has 2 atom stereocenters. The van der Waals surface area contributed by atoms with Gasteiger partial charge in [-0.05, 0) is 19.1 Å². The molecule has 1 heterocycles. The quantitative estimate of drug-likeness (QED) is 0.786. The molecule has 0 bridgehead atoms. The number of hydrogen-bond acceptors (Lipinski definition) is 3. The molecule has 4 heteroatoms. The van der Waals surface area contributed by atoms with Crippen molar-refractivity contribution in [2.75, 3.05) is 14.2 Å². The third kappa shape index (κ3) is 2.42. The van der Waals surface area contributed by atoms with Crippen molar-refractivity contribution in [3.8, 4) is 5.75 Å². The van der Waals surface area contributed by atoms with Crippen LogP contribution in [0.1, 0.15) is 25.1 Å². The summed E-state index contributed by atoms with van der Waals surface area (Å²) >= 11 is 0. The molecule has 0 radical (unpaired) electrons. The highest BCUT2D eigenvalue weighted by Gasteiger charge is 2.30. The van der Waals surface area contributed by atoms with E-state index in [-0.39, 0.29) is 18.2 Å². The Morgan fingerprint density at radius 2 is 2.00 bits per heavy atom. The molecule has 2 unspecified atom stereocenters. The van der Waals surface area contributed by atoms with Crippen LogP contribution in [0, 0.1) is 0 Å². The topological polar surface area (TPSA) is 38.8 Å². The third-order valence-electron chi connectivity index (χ3n) is 2.97. The fourth-order valence-corrected chi connectivity index (χ4v) is 1.95. The maximum Gasteiger partial charge on any atom is 0.227 e. The lowest BCUT2D eigenvalue weighted by Crippen LogP contribution is -2.41. The van der Waals surface area contributed by atoms with Gasteiger partial charge in [-0.1, -0.05) is 12.1 Å². The van der Waals surface area contributed by atoms with E-state index in [2.05, 4.69) is 0 Å². The first kappa shape index (κ1) is 11.9. The van der Waals surface area contributed by atoms with E-state index in [4.69, 9.17) is 9.47 Å². The van der Waals surface area contributed by atoms with Crippen LogP contribution in [-0.2, 0) is 9.53 Å². The second-order valence-electron chi connectivity index (χ2n) is 4.28. The van der Waals surface area contributed by atoms with Gasteiger partial charge in [-0.2, -0.15) is 0 Å². The van der Waals surface area contributed by atoms with E-state index >= 15 is 0 Å². The van der Waals surface area contributed by atoms with Crippen molar-refractivity contribution in [1.29, 1.82) is 0 Å². The number of nitrogens with zero attached hydrogens (tertiary/aromatic N) is 1. The fourth-order valence-electron chi connectivity index (χ4n) is 1.95. The fraction of sp³-hybridized carbons (Fsp3) is 0.462. The molecule has 92 valence electrons. The van der Waals surface area contributed by atoms with Gasteiger partial charge in [-0.3, -0.25) is 4.79 Å². The van der Waals surface area contributed by atoms with Crippen LogP contribution in [0.3, 0.4) is 0 Å². The summed E-state index contributed by atoms with van der Waals surface area (Å²) in [4.78, 5) is 13.4. The third-order valence-corrected chi connectivity index (χ3v) is 2.97. The van der Waals surface area contributed by atoms with E-state index in [1.807, 2.05) is 31.2 Å². The Morgan fingerprint density at radius 1 is 1.35 bits per heavy atom. The normalized spacial score (nSPS) is 24.9. The summed E-state index contributed by atoms with van der Waals surface area (Å²) in [6.07, 6.45) is 0.117. The van der Waals surface area contributed by atoms with Gasteiger partial charge < -0.3 is 14.4 Å². The number of hydrogen-bond donors (Lipinski definition) is 0. The first-order valence-electron chi connectivity index (χ1n) is 5.67. The average molecular weight is 235 g/mol. The van der Waals surface area contributed by atoms with Crippen LogP contribution in [0.15, 0.2) is 24.3 Å². The van der Waals surface area contributed by atoms with Gasteiger partial charge in [0.05, 0.1) is 19.6 Å². The maximum absolute atomic E-state index is 11.7. The Kier molecular flexibility index (Phi) is 3.33. The minimum absolute atomic E-state index is 0.0363. The molecular weight excluding hydrogens is 218 g/mol. The summed E-state index contributed by atoms with van der Waals surface area (Å²) in [7, 11) is 3.40. The maximum atomic E-state index is 11.7. The number of carbonyl (C=O) groups excluding carboxylic acids is 1. The molecule has 1 aliphatic rings. The second-order valence-corrected chi connectivity index (χ2v) is 4.28. The molecule has 0 saturated carbocycles. The lowest BCUT2D eigenvalue weighted by atomic mass is 10.1. The van der Waals surface area contributed by atoms with Crippen LogP contribution in [-0.4, -0.2) is 31.1 Å². The number of ether oxygens (including phenoxy) is 2. The van der Waals surface area contributed by atoms with Crippen molar-refractivity contribution >= 4 is 5.91 Å². The van der Waals surface area contributed by atoms with Crippen molar-refractivity contribution in [3.05, 3.63) is 29.8 Å². The van der Waals surface area contributed by atoms with Gasteiger partial charge in [0.1, 0.15) is 5.75 Å².